The Morgan fingerprint density at radius 2 is 2.00 bits per heavy atom. The minimum atomic E-state index is -0.636. The lowest BCUT2D eigenvalue weighted by Crippen LogP contribution is -2.63. The maximum absolute atomic E-state index is 13.2. The number of fused-ring (bicyclic) bond motifs is 2. The van der Waals surface area contributed by atoms with E-state index < -0.39 is 12.1 Å². The average molecular weight is 374 g/mol. The van der Waals surface area contributed by atoms with E-state index >= 15 is 0 Å². The second-order valence-electron chi connectivity index (χ2n) is 6.52. The third-order valence-corrected chi connectivity index (χ3v) is 5.05. The smallest absolute Gasteiger partial charge is 0.270 e. The maximum atomic E-state index is 13.2. The van der Waals surface area contributed by atoms with Gasteiger partial charge in [-0.1, -0.05) is 34.8 Å². The van der Waals surface area contributed by atoms with Crippen LogP contribution in [0.25, 0.3) is 0 Å². The molecule has 134 valence electrons. The van der Waals surface area contributed by atoms with Crippen molar-refractivity contribution in [3.8, 4) is 0 Å². The summed E-state index contributed by atoms with van der Waals surface area (Å²) in [5.74, 6) is 0.704. The first-order valence-corrected chi connectivity index (χ1v) is 8.58. The topological polar surface area (TPSA) is 71.6 Å². The minimum Gasteiger partial charge on any atom is -0.270 e. The fraction of sp³-hybridized carbons (Fsp3) is 0.353. The van der Waals surface area contributed by atoms with Gasteiger partial charge in [0, 0.05) is 12.1 Å². The molecule has 3 amide bonds. The molecule has 0 aliphatic carbocycles. The molecule has 1 atom stereocenters. The van der Waals surface area contributed by atoms with Gasteiger partial charge in [-0.15, -0.1) is 10.1 Å². The van der Waals surface area contributed by atoms with E-state index in [1.807, 2.05) is 29.7 Å². The number of likely N-dealkylation sites (N-methyl/N-ethyl adjacent to an activating group) is 1. The predicted octanol–water partition coefficient (Wildman–Crippen LogP) is 1.20. The van der Waals surface area contributed by atoms with Crippen LogP contribution in [-0.4, -0.2) is 75.5 Å². The van der Waals surface area contributed by atoms with E-state index in [0.29, 0.717) is 23.4 Å². The molecule has 1 saturated heterocycles. The van der Waals surface area contributed by atoms with Crippen LogP contribution in [0.5, 0.6) is 0 Å². The van der Waals surface area contributed by atoms with E-state index in [0.717, 1.165) is 11.3 Å². The maximum Gasteiger partial charge on any atom is 0.416 e. The molecule has 0 bridgehead atoms. The molecule has 1 unspecified atom stereocenters. The van der Waals surface area contributed by atoms with Gasteiger partial charge in [0.1, 0.15) is 6.54 Å². The van der Waals surface area contributed by atoms with Crippen LogP contribution in [0.4, 0.5) is 4.79 Å². The van der Waals surface area contributed by atoms with Gasteiger partial charge in [0.25, 0.3) is 5.91 Å². The molecule has 1 fully saturated rings. The molecule has 0 aromatic heterocycles. The summed E-state index contributed by atoms with van der Waals surface area (Å²) in [6.07, 6.45) is 0. The van der Waals surface area contributed by atoms with E-state index in [9.17, 15) is 9.59 Å². The Bertz CT molecular complexity index is 922. The van der Waals surface area contributed by atoms with Gasteiger partial charge < -0.3 is 0 Å². The number of amidine groups is 1. The van der Waals surface area contributed by atoms with Crippen LogP contribution in [-0.2, 0) is 11.3 Å². The second-order valence-corrected chi connectivity index (χ2v) is 6.92. The third-order valence-electron chi connectivity index (χ3n) is 4.68. The summed E-state index contributed by atoms with van der Waals surface area (Å²) in [6, 6.07) is 6.15. The average Bonchev–Trinajstić information content (AvgIpc) is 2.98. The lowest BCUT2D eigenvalue weighted by atomic mass is 10.1. The van der Waals surface area contributed by atoms with Crippen molar-refractivity contribution in [2.24, 2.45) is 10.1 Å². The van der Waals surface area contributed by atoms with Crippen molar-refractivity contribution in [2.75, 3.05) is 20.6 Å². The van der Waals surface area contributed by atoms with Crippen LogP contribution in [0.3, 0.4) is 0 Å². The Morgan fingerprint density at radius 3 is 2.73 bits per heavy atom. The number of rotatable bonds is 2. The molecule has 0 N–H and O–H groups in total. The van der Waals surface area contributed by atoms with Gasteiger partial charge in [-0.2, -0.15) is 0 Å². The number of imide groups is 1. The molecule has 3 heterocycles. The monoisotopic (exact) mass is 373 g/mol. The molecule has 26 heavy (non-hydrogen) atoms. The van der Waals surface area contributed by atoms with Crippen molar-refractivity contribution in [2.45, 2.75) is 19.5 Å². The zero-order valence-electron chi connectivity index (χ0n) is 14.7. The highest BCUT2D eigenvalue weighted by molar-refractivity contribution is 6.31. The molecule has 3 aliphatic heterocycles. The van der Waals surface area contributed by atoms with Crippen LogP contribution >= 0.6 is 11.6 Å². The number of hydrazone groups is 1. The third kappa shape index (κ3) is 2.40. The summed E-state index contributed by atoms with van der Waals surface area (Å²) in [6.45, 7) is 2.51. The number of aliphatic imine (C=N–C) groups is 1. The molecule has 1 aromatic rings. The van der Waals surface area contributed by atoms with E-state index in [1.165, 1.54) is 9.80 Å². The fourth-order valence-corrected chi connectivity index (χ4v) is 3.64. The van der Waals surface area contributed by atoms with E-state index in [1.54, 1.807) is 25.2 Å². The van der Waals surface area contributed by atoms with Crippen molar-refractivity contribution in [1.82, 2.24) is 14.8 Å². The molecule has 9 heteroatoms. The van der Waals surface area contributed by atoms with Gasteiger partial charge in [0.05, 0.1) is 19.3 Å². The summed E-state index contributed by atoms with van der Waals surface area (Å²) in [4.78, 5) is 33.1. The summed E-state index contributed by atoms with van der Waals surface area (Å²) >= 11 is 6.21. The number of carbonyl (C=O) groups is 2. The molecule has 3 aliphatic rings. The summed E-state index contributed by atoms with van der Waals surface area (Å²) < 4.78 is 1.88. The first kappa shape index (κ1) is 16.7. The van der Waals surface area contributed by atoms with Crippen molar-refractivity contribution < 1.29 is 14.2 Å². The number of hydrogen-bond acceptors (Lipinski definition) is 5. The highest BCUT2D eigenvalue weighted by Crippen LogP contribution is 2.25. The number of carbonyl (C=O) groups excluding carboxylic acids is 2. The Balaban J connectivity index is 1.71. The van der Waals surface area contributed by atoms with Gasteiger partial charge in [-0.25, -0.2) is 9.37 Å². The van der Waals surface area contributed by atoms with Crippen LogP contribution < -0.4 is 0 Å². The number of nitrogens with zero attached hydrogens (tertiary/aromatic N) is 6. The lowest BCUT2D eigenvalue weighted by molar-refractivity contribution is -0.527. The van der Waals surface area contributed by atoms with E-state index in [-0.39, 0.29) is 12.5 Å². The van der Waals surface area contributed by atoms with Crippen molar-refractivity contribution in [3.63, 3.8) is 0 Å². The number of amides is 3. The van der Waals surface area contributed by atoms with Crippen LogP contribution in [0.1, 0.15) is 12.5 Å². The fourth-order valence-electron chi connectivity index (χ4n) is 3.45. The number of benzene rings is 1. The summed E-state index contributed by atoms with van der Waals surface area (Å²) in [5, 5.41) is 6.52. The highest BCUT2D eigenvalue weighted by atomic mass is 35.5. The largest absolute Gasteiger partial charge is 0.416 e. The number of halogens is 1. The summed E-state index contributed by atoms with van der Waals surface area (Å²) in [7, 11) is 3.41. The summed E-state index contributed by atoms with van der Waals surface area (Å²) in [5.41, 5.74) is 1.60. The van der Waals surface area contributed by atoms with Crippen LogP contribution in [0.15, 0.2) is 34.4 Å². The molecule has 4 rings (SSSR count). The van der Waals surface area contributed by atoms with E-state index in [4.69, 9.17) is 11.6 Å². The molecule has 0 radical (unpaired) electrons. The number of urea groups is 1. The normalized spacial score (nSPS) is 22.5. The van der Waals surface area contributed by atoms with Gasteiger partial charge in [0.2, 0.25) is 11.9 Å². The quantitative estimate of drug-likeness (QED) is 0.731. The minimum absolute atomic E-state index is 0.123. The van der Waals surface area contributed by atoms with Crippen molar-refractivity contribution in [1.29, 1.82) is 0 Å². The molecule has 0 saturated carbocycles. The highest BCUT2D eigenvalue weighted by Gasteiger charge is 2.54. The van der Waals surface area contributed by atoms with E-state index in [2.05, 4.69) is 10.1 Å². The standard InChI is InChI=1S/C17H18ClN6O2/c1-10-8-23-13-14(19-16(23)22(3)20-10)21(2)17(26)24(15(13)25)9-11-6-4-5-7-12(11)18/h4-7,13H,8-9H2,1-3H3/q+1. The zero-order valence-corrected chi connectivity index (χ0v) is 15.4. The zero-order chi connectivity index (χ0) is 18.6. The predicted molar refractivity (Wildman–Crippen MR) is 97.4 cm³/mol. The molecule has 8 nitrogen and oxygen atoms in total. The van der Waals surface area contributed by atoms with Crippen molar-refractivity contribution >= 4 is 41.0 Å². The first-order chi connectivity index (χ1) is 12.4. The Kier molecular flexibility index (Phi) is 3.80. The van der Waals surface area contributed by atoms with Gasteiger partial charge in [0.15, 0.2) is 0 Å². The second kappa shape index (κ2) is 5.91. The van der Waals surface area contributed by atoms with Crippen LogP contribution in [0, 0.1) is 0 Å². The van der Waals surface area contributed by atoms with Gasteiger partial charge in [-0.3, -0.25) is 14.6 Å². The Labute approximate surface area is 155 Å². The Morgan fingerprint density at radius 1 is 1.27 bits per heavy atom. The molecular formula is C17H18ClN6O2+. The Hall–Kier alpha value is -2.74. The first-order valence-electron chi connectivity index (χ1n) is 8.21. The van der Waals surface area contributed by atoms with Crippen LogP contribution in [0.2, 0.25) is 5.02 Å². The molecular weight excluding hydrogens is 356 g/mol. The molecule has 1 aromatic carbocycles. The number of hydrogen-bond donors (Lipinski definition) is 0. The molecule has 0 spiro atoms. The number of guanidine groups is 1. The van der Waals surface area contributed by atoms with Gasteiger partial charge in [-0.05, 0) is 18.6 Å². The van der Waals surface area contributed by atoms with Gasteiger partial charge >= 0.3 is 12.0 Å². The lowest BCUT2D eigenvalue weighted by Gasteiger charge is -2.34. The SMILES string of the molecule is CC1=NN(C)C2=[N+](C1)C1C(=O)N(Cc3ccccc3Cl)C(=O)N(C)C1=N2. The van der Waals surface area contributed by atoms with Crippen molar-refractivity contribution in [3.05, 3.63) is 34.9 Å².